The van der Waals surface area contributed by atoms with E-state index >= 15 is 0 Å². The van der Waals surface area contributed by atoms with Crippen LogP contribution >= 0.6 is 28.1 Å². The Morgan fingerprint density at radius 2 is 2.06 bits per heavy atom. The summed E-state index contributed by atoms with van der Waals surface area (Å²) in [5, 5.41) is 6.11. The second kappa shape index (κ2) is 7.24. The Morgan fingerprint density at radius 3 is 2.65 bits per heavy atom. The summed E-state index contributed by atoms with van der Waals surface area (Å²) in [6.45, 7) is 2.19. The van der Waals surface area contributed by atoms with Crippen molar-refractivity contribution in [2.24, 2.45) is 0 Å². The minimum absolute atomic E-state index is 0.0657. The van der Waals surface area contributed by atoms with Crippen molar-refractivity contribution in [1.82, 2.24) is 5.32 Å². The van der Waals surface area contributed by atoms with E-state index in [1.165, 1.54) is 0 Å². The van der Waals surface area contributed by atoms with Gasteiger partial charge in [-0.3, -0.25) is 4.79 Å². The fraction of sp³-hybridized carbons (Fsp3) is 0.273. The Bertz CT molecular complexity index is 395. The largest absolute Gasteiger partial charge is 0.465 e. The number of esters is 1. The maximum atomic E-state index is 11.1. The molecular weight excluding hydrogens is 304 g/mol. The second-order valence-corrected chi connectivity index (χ2v) is 4.44. The Kier molecular flexibility index (Phi) is 5.93. The van der Waals surface area contributed by atoms with E-state index in [1.54, 1.807) is 6.92 Å². The summed E-state index contributed by atoms with van der Waals surface area (Å²) in [7, 11) is 0. The zero-order valence-electron chi connectivity index (χ0n) is 9.33. The van der Waals surface area contributed by atoms with Gasteiger partial charge in [-0.15, -0.1) is 0 Å². The van der Waals surface area contributed by atoms with Crippen molar-refractivity contribution in [2.45, 2.75) is 6.92 Å². The summed E-state index contributed by atoms with van der Waals surface area (Å²) in [6.07, 6.45) is 0. The summed E-state index contributed by atoms with van der Waals surface area (Å²) < 4.78 is 5.76. The third-order valence-corrected chi connectivity index (χ3v) is 2.58. The lowest BCUT2D eigenvalue weighted by Gasteiger charge is -2.09. The molecule has 0 radical (unpaired) electrons. The molecule has 0 fully saturated rings. The van der Waals surface area contributed by atoms with Crippen LogP contribution in [-0.4, -0.2) is 24.2 Å². The minimum atomic E-state index is -0.326. The van der Waals surface area contributed by atoms with Gasteiger partial charge in [-0.05, 0) is 43.4 Å². The second-order valence-electron chi connectivity index (χ2n) is 3.12. The van der Waals surface area contributed by atoms with Crippen molar-refractivity contribution >= 4 is 44.9 Å². The predicted octanol–water partition coefficient (Wildman–Crippen LogP) is 2.30. The van der Waals surface area contributed by atoms with Crippen LogP contribution in [0.25, 0.3) is 0 Å². The number of thiocarbonyl (C=S) groups is 1. The quantitative estimate of drug-likeness (QED) is 0.659. The fourth-order valence-electron chi connectivity index (χ4n) is 1.07. The molecule has 1 aromatic rings. The Balaban J connectivity index is 2.34. The highest BCUT2D eigenvalue weighted by Crippen LogP contribution is 2.13. The molecule has 0 aliphatic heterocycles. The number of nitrogens with one attached hydrogen (secondary N) is 2. The summed E-state index contributed by atoms with van der Waals surface area (Å²) in [5.41, 5.74) is 0.856. The van der Waals surface area contributed by atoms with E-state index in [0.29, 0.717) is 11.7 Å². The molecule has 0 heterocycles. The Labute approximate surface area is 114 Å². The topological polar surface area (TPSA) is 50.4 Å². The summed E-state index contributed by atoms with van der Waals surface area (Å²) in [5.74, 6) is -0.326. The van der Waals surface area contributed by atoms with Crippen molar-refractivity contribution in [3.8, 4) is 0 Å². The maximum Gasteiger partial charge on any atom is 0.325 e. The highest BCUT2D eigenvalue weighted by molar-refractivity contribution is 9.10. The lowest BCUT2D eigenvalue weighted by molar-refractivity contribution is -0.141. The normalized spacial score (nSPS) is 9.53. The summed E-state index contributed by atoms with van der Waals surface area (Å²) in [6, 6.07) is 7.55. The van der Waals surface area contributed by atoms with Crippen LogP contribution in [0.5, 0.6) is 0 Å². The third kappa shape index (κ3) is 5.65. The van der Waals surface area contributed by atoms with Crippen LogP contribution in [0.4, 0.5) is 5.69 Å². The van der Waals surface area contributed by atoms with Gasteiger partial charge in [0.25, 0.3) is 0 Å². The maximum absolute atomic E-state index is 11.1. The standard InChI is InChI=1S/C11H13BrN2O2S/c1-2-16-10(15)7-13-11(17)14-9-5-3-8(12)4-6-9/h3-6H,2,7H2,1H3,(H2,13,14,17). The van der Waals surface area contributed by atoms with Gasteiger partial charge in [0.2, 0.25) is 0 Å². The molecule has 0 aliphatic rings. The molecule has 0 saturated heterocycles. The zero-order valence-corrected chi connectivity index (χ0v) is 11.7. The lowest BCUT2D eigenvalue weighted by atomic mass is 10.3. The number of hydrogen-bond acceptors (Lipinski definition) is 3. The smallest absolute Gasteiger partial charge is 0.325 e. The summed E-state index contributed by atoms with van der Waals surface area (Å²) >= 11 is 8.37. The van der Waals surface area contributed by atoms with Crippen LogP contribution in [0, 0.1) is 0 Å². The van der Waals surface area contributed by atoms with Crippen molar-refractivity contribution in [2.75, 3.05) is 18.5 Å². The molecule has 0 amide bonds. The fourth-order valence-corrected chi connectivity index (χ4v) is 1.53. The van der Waals surface area contributed by atoms with Crippen molar-refractivity contribution in [3.05, 3.63) is 28.7 Å². The first-order valence-corrected chi connectivity index (χ1v) is 6.28. The monoisotopic (exact) mass is 316 g/mol. The van der Waals surface area contributed by atoms with Gasteiger partial charge in [-0.1, -0.05) is 15.9 Å². The highest BCUT2D eigenvalue weighted by Gasteiger charge is 2.02. The van der Waals surface area contributed by atoms with Crippen molar-refractivity contribution in [1.29, 1.82) is 0 Å². The Hall–Kier alpha value is -1.14. The number of halogens is 1. The predicted molar refractivity (Wildman–Crippen MR) is 75.0 cm³/mol. The molecule has 0 spiro atoms. The lowest BCUT2D eigenvalue weighted by Crippen LogP contribution is -2.33. The molecule has 0 bridgehead atoms. The zero-order chi connectivity index (χ0) is 12.7. The molecule has 1 aromatic carbocycles. The molecule has 0 atom stereocenters. The van der Waals surface area contributed by atoms with Gasteiger partial charge in [0.1, 0.15) is 6.54 Å². The van der Waals surface area contributed by atoms with Crippen LogP contribution in [0.1, 0.15) is 6.92 Å². The van der Waals surface area contributed by atoms with E-state index in [-0.39, 0.29) is 12.5 Å². The number of rotatable bonds is 4. The van der Waals surface area contributed by atoms with Gasteiger partial charge in [-0.25, -0.2) is 0 Å². The van der Waals surface area contributed by atoms with Crippen molar-refractivity contribution in [3.63, 3.8) is 0 Å². The number of carbonyl (C=O) groups is 1. The van der Waals surface area contributed by atoms with Crippen LogP contribution in [0.3, 0.4) is 0 Å². The minimum Gasteiger partial charge on any atom is -0.465 e. The number of ether oxygens (including phenoxy) is 1. The molecular formula is C11H13BrN2O2S. The van der Waals surface area contributed by atoms with E-state index in [2.05, 4.69) is 26.6 Å². The molecule has 0 unspecified atom stereocenters. The Morgan fingerprint density at radius 1 is 1.41 bits per heavy atom. The van der Waals surface area contributed by atoms with Gasteiger partial charge in [0.05, 0.1) is 6.61 Å². The van der Waals surface area contributed by atoms with Crippen LogP contribution in [0.15, 0.2) is 28.7 Å². The van der Waals surface area contributed by atoms with E-state index in [4.69, 9.17) is 17.0 Å². The van der Waals surface area contributed by atoms with Gasteiger partial charge in [0, 0.05) is 10.2 Å². The average molecular weight is 317 g/mol. The number of carbonyl (C=O) groups excluding carboxylic acids is 1. The number of anilines is 1. The molecule has 92 valence electrons. The van der Waals surface area contributed by atoms with Gasteiger partial charge in [0.15, 0.2) is 5.11 Å². The van der Waals surface area contributed by atoms with Gasteiger partial charge in [-0.2, -0.15) is 0 Å². The average Bonchev–Trinajstić information content (AvgIpc) is 2.30. The first kappa shape index (κ1) is 13.9. The van der Waals surface area contributed by atoms with E-state index in [1.807, 2.05) is 24.3 Å². The van der Waals surface area contributed by atoms with Crippen LogP contribution in [0.2, 0.25) is 0 Å². The van der Waals surface area contributed by atoms with Crippen LogP contribution in [-0.2, 0) is 9.53 Å². The molecule has 0 aliphatic carbocycles. The molecule has 17 heavy (non-hydrogen) atoms. The molecule has 1 rings (SSSR count). The van der Waals surface area contributed by atoms with E-state index in [9.17, 15) is 4.79 Å². The molecule has 6 heteroatoms. The van der Waals surface area contributed by atoms with E-state index in [0.717, 1.165) is 10.2 Å². The first-order chi connectivity index (χ1) is 8.11. The van der Waals surface area contributed by atoms with Crippen molar-refractivity contribution < 1.29 is 9.53 Å². The molecule has 0 saturated carbocycles. The van der Waals surface area contributed by atoms with Gasteiger partial charge >= 0.3 is 5.97 Å². The molecule has 4 nitrogen and oxygen atoms in total. The van der Waals surface area contributed by atoms with Gasteiger partial charge < -0.3 is 15.4 Å². The molecule has 0 aromatic heterocycles. The first-order valence-electron chi connectivity index (χ1n) is 5.08. The highest BCUT2D eigenvalue weighted by atomic mass is 79.9. The summed E-state index contributed by atoms with van der Waals surface area (Å²) in [4.78, 5) is 11.1. The van der Waals surface area contributed by atoms with Crippen LogP contribution < -0.4 is 10.6 Å². The third-order valence-electron chi connectivity index (χ3n) is 1.80. The number of hydrogen-bond donors (Lipinski definition) is 2. The number of benzene rings is 1. The SMILES string of the molecule is CCOC(=O)CNC(=S)Nc1ccc(Br)cc1. The molecule has 2 N–H and O–H groups in total. The van der Waals surface area contributed by atoms with E-state index < -0.39 is 0 Å².